The van der Waals surface area contributed by atoms with Crippen LogP contribution in [0, 0.1) is 0 Å². The molecule has 0 bridgehead atoms. The van der Waals surface area contributed by atoms with Crippen LogP contribution in [-0.2, 0) is 16.8 Å². The number of nitrogens with zero attached hydrogens (tertiary/aromatic N) is 1. The Kier molecular flexibility index (Phi) is 3.65. The zero-order chi connectivity index (χ0) is 10.7. The minimum Gasteiger partial charge on any atom is -0.368 e. The number of aromatic nitrogens is 1. The number of ether oxygens (including phenoxy) is 1. The summed E-state index contributed by atoms with van der Waals surface area (Å²) in [5, 5.41) is 3.21. The smallest absolute Gasteiger partial charge is 0.125 e. The maximum absolute atomic E-state index is 5.86. The molecule has 1 atom stereocenters. The van der Waals surface area contributed by atoms with Gasteiger partial charge in [-0.2, -0.15) is 0 Å². The third-order valence-electron chi connectivity index (χ3n) is 2.82. The van der Waals surface area contributed by atoms with E-state index in [9.17, 15) is 0 Å². The van der Waals surface area contributed by atoms with Gasteiger partial charge in [0.2, 0.25) is 0 Å². The first-order chi connectivity index (χ1) is 7.24. The number of hydrogen-bond acceptors (Lipinski definition) is 3. The molecule has 0 aromatic carbocycles. The van der Waals surface area contributed by atoms with Crippen molar-refractivity contribution in [1.82, 2.24) is 4.98 Å². The van der Waals surface area contributed by atoms with Gasteiger partial charge in [-0.05, 0) is 26.2 Å². The second kappa shape index (κ2) is 4.81. The Balaban J connectivity index is 2.12. The molecule has 1 saturated heterocycles. The first-order valence-electron chi connectivity index (χ1n) is 5.39. The third kappa shape index (κ3) is 2.52. The third-order valence-corrected chi connectivity index (χ3v) is 4.15. The normalized spacial score (nSPS) is 26.8. The Morgan fingerprint density at radius 1 is 1.60 bits per heavy atom. The van der Waals surface area contributed by atoms with Gasteiger partial charge in [0.05, 0.1) is 5.69 Å². The highest BCUT2D eigenvalue weighted by Gasteiger charge is 2.32. The predicted octanol–water partition coefficient (Wildman–Crippen LogP) is 3.34. The van der Waals surface area contributed by atoms with Crippen molar-refractivity contribution in [3.8, 4) is 0 Å². The fourth-order valence-corrected chi connectivity index (χ4v) is 3.06. The zero-order valence-electron chi connectivity index (χ0n) is 8.96. The molecule has 1 aliphatic rings. The second-order valence-electron chi connectivity index (χ2n) is 4.12. The number of rotatable bonds is 3. The molecule has 15 heavy (non-hydrogen) atoms. The van der Waals surface area contributed by atoms with Crippen molar-refractivity contribution in [2.75, 3.05) is 12.5 Å². The van der Waals surface area contributed by atoms with E-state index in [4.69, 9.17) is 16.3 Å². The van der Waals surface area contributed by atoms with Crippen LogP contribution in [0.15, 0.2) is 5.38 Å². The molecule has 1 aliphatic heterocycles. The van der Waals surface area contributed by atoms with E-state index in [1.54, 1.807) is 11.3 Å². The predicted molar refractivity (Wildman–Crippen MR) is 63.7 cm³/mol. The molecule has 84 valence electrons. The van der Waals surface area contributed by atoms with Gasteiger partial charge in [0, 0.05) is 24.3 Å². The maximum Gasteiger partial charge on any atom is 0.125 e. The Morgan fingerprint density at radius 3 is 3.13 bits per heavy atom. The van der Waals surface area contributed by atoms with Crippen molar-refractivity contribution in [2.45, 2.75) is 38.2 Å². The number of alkyl halides is 1. The van der Waals surface area contributed by atoms with Crippen LogP contribution >= 0.6 is 22.9 Å². The average molecular weight is 246 g/mol. The van der Waals surface area contributed by atoms with Crippen LogP contribution in [0.4, 0.5) is 0 Å². The van der Waals surface area contributed by atoms with Gasteiger partial charge in [0.15, 0.2) is 0 Å². The lowest BCUT2D eigenvalue weighted by Gasteiger charge is -2.31. The summed E-state index contributed by atoms with van der Waals surface area (Å²) >= 11 is 7.40. The van der Waals surface area contributed by atoms with Crippen molar-refractivity contribution in [2.24, 2.45) is 0 Å². The summed E-state index contributed by atoms with van der Waals surface area (Å²) in [4.78, 5) is 4.60. The Labute approximate surface area is 99.6 Å². The van der Waals surface area contributed by atoms with Crippen LogP contribution in [0.5, 0.6) is 0 Å². The summed E-state index contributed by atoms with van der Waals surface area (Å²) in [6.45, 7) is 3.01. The van der Waals surface area contributed by atoms with Gasteiger partial charge < -0.3 is 4.74 Å². The molecule has 4 heteroatoms. The lowest BCUT2D eigenvalue weighted by Crippen LogP contribution is -2.30. The van der Waals surface area contributed by atoms with Crippen LogP contribution in [0.3, 0.4) is 0 Å². The molecular weight excluding hydrogens is 230 g/mol. The lowest BCUT2D eigenvalue weighted by molar-refractivity contribution is -0.0702. The fourth-order valence-electron chi connectivity index (χ4n) is 1.86. The fraction of sp³-hybridized carbons (Fsp3) is 0.727. The summed E-state index contributed by atoms with van der Waals surface area (Å²) in [6.07, 6.45) is 4.35. The van der Waals surface area contributed by atoms with Gasteiger partial charge in [-0.15, -0.1) is 22.9 Å². The summed E-state index contributed by atoms with van der Waals surface area (Å²) in [7, 11) is 0. The molecule has 2 heterocycles. The van der Waals surface area contributed by atoms with E-state index in [1.807, 2.05) is 0 Å². The minimum atomic E-state index is -0.145. The van der Waals surface area contributed by atoms with Crippen molar-refractivity contribution >= 4 is 22.9 Å². The molecule has 2 rings (SSSR count). The van der Waals surface area contributed by atoms with Crippen LogP contribution in [-0.4, -0.2) is 17.5 Å². The van der Waals surface area contributed by atoms with Gasteiger partial charge in [-0.25, -0.2) is 4.98 Å². The molecule has 1 unspecified atom stereocenters. The molecule has 2 nitrogen and oxygen atoms in total. The molecular formula is C11H16ClNOS. The van der Waals surface area contributed by atoms with E-state index in [-0.39, 0.29) is 5.60 Å². The minimum absolute atomic E-state index is 0.145. The Morgan fingerprint density at radius 2 is 2.47 bits per heavy atom. The maximum atomic E-state index is 5.86. The molecule has 0 spiro atoms. The highest BCUT2D eigenvalue weighted by molar-refractivity contribution is 7.09. The van der Waals surface area contributed by atoms with Gasteiger partial charge in [-0.3, -0.25) is 0 Å². The SMILES string of the molecule is CC1(c2nc(CCCl)cs2)CCCCO1. The van der Waals surface area contributed by atoms with E-state index >= 15 is 0 Å². The Bertz CT molecular complexity index is 320. The van der Waals surface area contributed by atoms with Crippen molar-refractivity contribution in [3.05, 3.63) is 16.1 Å². The highest BCUT2D eigenvalue weighted by Crippen LogP contribution is 2.36. The quantitative estimate of drug-likeness (QED) is 0.762. The van der Waals surface area contributed by atoms with Crippen LogP contribution in [0.25, 0.3) is 0 Å². The summed E-state index contributed by atoms with van der Waals surface area (Å²) in [5.41, 5.74) is 0.952. The summed E-state index contributed by atoms with van der Waals surface area (Å²) in [5.74, 6) is 0.640. The zero-order valence-corrected chi connectivity index (χ0v) is 10.5. The van der Waals surface area contributed by atoms with E-state index < -0.39 is 0 Å². The van der Waals surface area contributed by atoms with Crippen molar-refractivity contribution in [3.63, 3.8) is 0 Å². The second-order valence-corrected chi connectivity index (χ2v) is 5.36. The number of thiazole rings is 1. The first-order valence-corrected chi connectivity index (χ1v) is 6.81. The molecule has 0 N–H and O–H groups in total. The standard InChI is InChI=1S/C11H16ClNOS/c1-11(5-2-3-7-14-11)10-13-9(4-6-12)8-15-10/h8H,2-7H2,1H3. The average Bonchev–Trinajstić information content (AvgIpc) is 2.69. The molecule has 0 amide bonds. The molecule has 0 radical (unpaired) electrons. The van der Waals surface area contributed by atoms with Crippen LogP contribution < -0.4 is 0 Å². The number of halogens is 1. The van der Waals surface area contributed by atoms with E-state index in [0.29, 0.717) is 5.88 Å². The molecule has 1 aromatic rings. The van der Waals surface area contributed by atoms with Gasteiger partial charge >= 0.3 is 0 Å². The van der Waals surface area contributed by atoms with E-state index in [1.165, 1.54) is 12.8 Å². The van der Waals surface area contributed by atoms with Gasteiger partial charge in [0.25, 0.3) is 0 Å². The summed E-state index contributed by atoms with van der Waals surface area (Å²) < 4.78 is 5.86. The largest absolute Gasteiger partial charge is 0.368 e. The monoisotopic (exact) mass is 245 g/mol. The number of aryl methyl sites for hydroxylation is 1. The first kappa shape index (κ1) is 11.4. The van der Waals surface area contributed by atoms with Crippen molar-refractivity contribution < 1.29 is 4.74 Å². The van der Waals surface area contributed by atoms with E-state index in [0.717, 1.165) is 30.2 Å². The van der Waals surface area contributed by atoms with Crippen LogP contribution in [0.2, 0.25) is 0 Å². The summed E-state index contributed by atoms with van der Waals surface area (Å²) in [6, 6.07) is 0. The molecule has 1 aromatic heterocycles. The highest BCUT2D eigenvalue weighted by atomic mass is 35.5. The number of hydrogen-bond donors (Lipinski definition) is 0. The molecule has 0 aliphatic carbocycles. The Hall–Kier alpha value is -0.120. The molecule has 1 fully saturated rings. The molecule has 0 saturated carbocycles. The topological polar surface area (TPSA) is 22.1 Å². The van der Waals surface area contributed by atoms with Gasteiger partial charge in [-0.1, -0.05) is 0 Å². The van der Waals surface area contributed by atoms with Crippen LogP contribution in [0.1, 0.15) is 36.9 Å². The van der Waals surface area contributed by atoms with Gasteiger partial charge in [0.1, 0.15) is 10.6 Å². The lowest BCUT2D eigenvalue weighted by atomic mass is 9.97. The van der Waals surface area contributed by atoms with Crippen molar-refractivity contribution in [1.29, 1.82) is 0 Å². The van der Waals surface area contributed by atoms with E-state index in [2.05, 4.69) is 17.3 Å².